The van der Waals surface area contributed by atoms with Crippen LogP contribution in [0.5, 0.6) is 11.5 Å². The van der Waals surface area contributed by atoms with Gasteiger partial charge in [-0.25, -0.2) is 0 Å². The number of aryl methyl sites for hydroxylation is 2. The fourth-order valence-electron chi connectivity index (χ4n) is 3.06. The standard InChI is InChI=1S/C21H27NO3/c1-4-6-7-10-16-13-17(23)18(15-11-8-9-14(3)12-15)20(24)19(16)21(25)22-5-2/h8-9,11-13,23-24H,4-7,10H2,1-3H3,(H,22,25). The van der Waals surface area contributed by atoms with Crippen molar-refractivity contribution < 1.29 is 15.0 Å². The third kappa shape index (κ3) is 4.32. The molecule has 0 aliphatic heterocycles. The van der Waals surface area contributed by atoms with E-state index >= 15 is 0 Å². The molecule has 0 radical (unpaired) electrons. The van der Waals surface area contributed by atoms with E-state index in [4.69, 9.17) is 0 Å². The zero-order chi connectivity index (χ0) is 18.4. The molecular weight excluding hydrogens is 314 g/mol. The number of rotatable bonds is 7. The first kappa shape index (κ1) is 18.8. The fraction of sp³-hybridized carbons (Fsp3) is 0.381. The molecule has 0 saturated carbocycles. The summed E-state index contributed by atoms with van der Waals surface area (Å²) in [6.07, 6.45) is 3.66. The number of carbonyl (C=O) groups excluding carboxylic acids is 1. The average molecular weight is 341 g/mol. The Balaban J connectivity index is 2.59. The van der Waals surface area contributed by atoms with E-state index in [0.717, 1.165) is 24.8 Å². The molecule has 0 fully saturated rings. The van der Waals surface area contributed by atoms with Gasteiger partial charge in [-0.3, -0.25) is 4.79 Å². The largest absolute Gasteiger partial charge is 0.507 e. The van der Waals surface area contributed by atoms with Crippen molar-refractivity contribution in [1.29, 1.82) is 0 Å². The number of unbranched alkanes of at least 4 members (excludes halogenated alkanes) is 2. The molecule has 0 bridgehead atoms. The van der Waals surface area contributed by atoms with E-state index in [2.05, 4.69) is 12.2 Å². The zero-order valence-electron chi connectivity index (χ0n) is 15.2. The summed E-state index contributed by atoms with van der Waals surface area (Å²) in [5, 5.41) is 24.1. The Morgan fingerprint density at radius 1 is 1.12 bits per heavy atom. The van der Waals surface area contributed by atoms with Gasteiger partial charge in [-0.05, 0) is 43.9 Å². The van der Waals surface area contributed by atoms with E-state index in [-0.39, 0.29) is 23.0 Å². The van der Waals surface area contributed by atoms with Gasteiger partial charge in [0, 0.05) is 6.54 Å². The maximum Gasteiger partial charge on any atom is 0.255 e. The number of amides is 1. The molecule has 0 saturated heterocycles. The van der Waals surface area contributed by atoms with Crippen molar-refractivity contribution in [2.75, 3.05) is 6.54 Å². The van der Waals surface area contributed by atoms with Crippen molar-refractivity contribution >= 4 is 5.91 Å². The molecule has 1 amide bonds. The molecule has 0 aliphatic carbocycles. The molecule has 0 unspecified atom stereocenters. The summed E-state index contributed by atoms with van der Waals surface area (Å²) in [5.74, 6) is -0.453. The summed E-state index contributed by atoms with van der Waals surface area (Å²) < 4.78 is 0. The molecule has 0 heterocycles. The van der Waals surface area contributed by atoms with Crippen LogP contribution in [-0.2, 0) is 6.42 Å². The lowest BCUT2D eigenvalue weighted by atomic mass is 9.92. The van der Waals surface area contributed by atoms with E-state index in [1.54, 1.807) is 6.07 Å². The van der Waals surface area contributed by atoms with Crippen LogP contribution in [0.1, 0.15) is 54.6 Å². The van der Waals surface area contributed by atoms with Crippen molar-refractivity contribution in [1.82, 2.24) is 5.32 Å². The third-order valence-electron chi connectivity index (χ3n) is 4.28. The molecule has 134 valence electrons. The molecule has 2 aromatic carbocycles. The van der Waals surface area contributed by atoms with Crippen LogP contribution in [0.2, 0.25) is 0 Å². The van der Waals surface area contributed by atoms with E-state index in [1.165, 1.54) is 0 Å². The highest BCUT2D eigenvalue weighted by molar-refractivity contribution is 6.01. The molecule has 4 heteroatoms. The first-order valence-corrected chi connectivity index (χ1v) is 8.92. The van der Waals surface area contributed by atoms with Gasteiger partial charge in [-0.15, -0.1) is 0 Å². The Morgan fingerprint density at radius 3 is 2.52 bits per heavy atom. The lowest BCUT2D eigenvalue weighted by Crippen LogP contribution is -2.24. The van der Waals surface area contributed by atoms with Gasteiger partial charge < -0.3 is 15.5 Å². The number of hydrogen-bond donors (Lipinski definition) is 3. The molecular formula is C21H27NO3. The Labute approximate surface area is 149 Å². The first-order valence-electron chi connectivity index (χ1n) is 8.92. The first-order chi connectivity index (χ1) is 12.0. The van der Waals surface area contributed by atoms with Gasteiger partial charge in [0.15, 0.2) is 0 Å². The number of carbonyl (C=O) groups is 1. The van der Waals surface area contributed by atoms with Gasteiger partial charge in [0.25, 0.3) is 5.91 Å². The van der Waals surface area contributed by atoms with Gasteiger partial charge >= 0.3 is 0 Å². The second-order valence-electron chi connectivity index (χ2n) is 6.34. The minimum absolute atomic E-state index is 0.00245. The third-order valence-corrected chi connectivity index (χ3v) is 4.28. The lowest BCUT2D eigenvalue weighted by molar-refractivity contribution is 0.0952. The smallest absolute Gasteiger partial charge is 0.255 e. The number of phenols is 2. The summed E-state index contributed by atoms with van der Waals surface area (Å²) in [5.41, 5.74) is 2.98. The highest BCUT2D eigenvalue weighted by Gasteiger charge is 2.23. The quantitative estimate of drug-likeness (QED) is 0.647. The number of phenolic OH excluding ortho intramolecular Hbond substituents is 2. The van der Waals surface area contributed by atoms with E-state index < -0.39 is 0 Å². The minimum atomic E-state index is -0.305. The van der Waals surface area contributed by atoms with E-state index in [1.807, 2.05) is 38.1 Å². The molecule has 0 atom stereocenters. The van der Waals surface area contributed by atoms with Gasteiger partial charge in [-0.2, -0.15) is 0 Å². The Morgan fingerprint density at radius 2 is 1.88 bits per heavy atom. The Hall–Kier alpha value is -2.49. The Bertz CT molecular complexity index is 753. The van der Waals surface area contributed by atoms with Gasteiger partial charge in [0.05, 0.1) is 11.1 Å². The summed E-state index contributed by atoms with van der Waals surface area (Å²) in [7, 11) is 0. The van der Waals surface area contributed by atoms with Crippen LogP contribution in [0, 0.1) is 6.92 Å². The predicted octanol–water partition coefficient (Wildman–Crippen LogP) is 4.56. The molecule has 2 rings (SSSR count). The van der Waals surface area contributed by atoms with Gasteiger partial charge in [0.2, 0.25) is 0 Å². The van der Waals surface area contributed by atoms with Crippen molar-refractivity contribution in [2.24, 2.45) is 0 Å². The predicted molar refractivity (Wildman–Crippen MR) is 101 cm³/mol. The topological polar surface area (TPSA) is 69.6 Å². The van der Waals surface area contributed by atoms with Crippen LogP contribution in [0.3, 0.4) is 0 Å². The van der Waals surface area contributed by atoms with Gasteiger partial charge in [-0.1, -0.05) is 49.6 Å². The molecule has 4 nitrogen and oxygen atoms in total. The molecule has 2 aromatic rings. The second-order valence-corrected chi connectivity index (χ2v) is 6.34. The van der Waals surface area contributed by atoms with Crippen molar-refractivity contribution in [2.45, 2.75) is 46.5 Å². The zero-order valence-corrected chi connectivity index (χ0v) is 15.2. The van der Waals surface area contributed by atoms with Crippen molar-refractivity contribution in [3.05, 3.63) is 47.0 Å². The maximum absolute atomic E-state index is 12.5. The van der Waals surface area contributed by atoms with Crippen LogP contribution < -0.4 is 5.32 Å². The number of nitrogens with one attached hydrogen (secondary N) is 1. The number of hydrogen-bond acceptors (Lipinski definition) is 3. The summed E-state index contributed by atoms with van der Waals surface area (Å²) in [4.78, 5) is 12.5. The molecule has 0 aromatic heterocycles. The number of aromatic hydroxyl groups is 2. The van der Waals surface area contributed by atoms with Crippen LogP contribution in [0.4, 0.5) is 0 Å². The van der Waals surface area contributed by atoms with Gasteiger partial charge in [0.1, 0.15) is 11.5 Å². The van der Waals surface area contributed by atoms with E-state index in [0.29, 0.717) is 29.7 Å². The molecule has 0 spiro atoms. The SMILES string of the molecule is CCCCCc1cc(O)c(-c2cccc(C)c2)c(O)c1C(=O)NCC. The second kappa shape index (κ2) is 8.56. The molecule has 3 N–H and O–H groups in total. The molecule has 0 aliphatic rings. The summed E-state index contributed by atoms with van der Waals surface area (Å²) in [6, 6.07) is 9.14. The normalized spacial score (nSPS) is 10.7. The number of benzene rings is 2. The average Bonchev–Trinajstić information content (AvgIpc) is 2.55. The van der Waals surface area contributed by atoms with Crippen molar-refractivity contribution in [3.8, 4) is 22.6 Å². The maximum atomic E-state index is 12.5. The fourth-order valence-corrected chi connectivity index (χ4v) is 3.06. The lowest BCUT2D eigenvalue weighted by Gasteiger charge is -2.17. The minimum Gasteiger partial charge on any atom is -0.507 e. The highest BCUT2D eigenvalue weighted by atomic mass is 16.3. The summed E-state index contributed by atoms with van der Waals surface area (Å²) in [6.45, 7) is 6.38. The van der Waals surface area contributed by atoms with Crippen LogP contribution in [0.25, 0.3) is 11.1 Å². The van der Waals surface area contributed by atoms with Crippen LogP contribution in [-0.4, -0.2) is 22.7 Å². The summed E-state index contributed by atoms with van der Waals surface area (Å²) >= 11 is 0. The monoisotopic (exact) mass is 341 g/mol. The van der Waals surface area contributed by atoms with Crippen LogP contribution >= 0.6 is 0 Å². The molecule has 25 heavy (non-hydrogen) atoms. The Kier molecular flexibility index (Phi) is 6.45. The van der Waals surface area contributed by atoms with Crippen LogP contribution in [0.15, 0.2) is 30.3 Å². The van der Waals surface area contributed by atoms with Crippen molar-refractivity contribution in [3.63, 3.8) is 0 Å². The highest BCUT2D eigenvalue weighted by Crippen LogP contribution is 2.42. The van der Waals surface area contributed by atoms with E-state index in [9.17, 15) is 15.0 Å².